The predicted octanol–water partition coefficient (Wildman–Crippen LogP) is 5.20. The van der Waals surface area contributed by atoms with Crippen molar-refractivity contribution in [2.75, 3.05) is 6.54 Å². The molecule has 0 saturated carbocycles. The number of hydrogen-bond donors (Lipinski definition) is 1. The first-order chi connectivity index (χ1) is 9.02. The van der Waals surface area contributed by atoms with E-state index in [0.29, 0.717) is 6.04 Å². The summed E-state index contributed by atoms with van der Waals surface area (Å²) >= 11 is 11.4. The number of aryl methyl sites for hydroxylation is 1. The lowest BCUT2D eigenvalue weighted by Gasteiger charge is -2.09. The molecule has 0 aliphatic heterocycles. The van der Waals surface area contributed by atoms with Crippen LogP contribution in [0.5, 0.6) is 0 Å². The van der Waals surface area contributed by atoms with Crippen molar-refractivity contribution in [1.82, 2.24) is 10.3 Å². The van der Waals surface area contributed by atoms with E-state index in [2.05, 4.69) is 47.0 Å². The quantitative estimate of drug-likeness (QED) is 0.811. The molecule has 5 heteroatoms. The van der Waals surface area contributed by atoms with E-state index in [1.165, 1.54) is 4.88 Å². The summed E-state index contributed by atoms with van der Waals surface area (Å²) < 4.78 is 1.01. The molecule has 1 heterocycles. The van der Waals surface area contributed by atoms with Crippen LogP contribution in [0.25, 0.3) is 10.6 Å². The van der Waals surface area contributed by atoms with Crippen LogP contribution in [-0.2, 0) is 0 Å². The molecule has 0 fully saturated rings. The molecule has 2 nitrogen and oxygen atoms in total. The van der Waals surface area contributed by atoms with Gasteiger partial charge in [0.2, 0.25) is 0 Å². The molecule has 1 aromatic heterocycles. The summed E-state index contributed by atoms with van der Waals surface area (Å²) in [6.45, 7) is 7.27. The average Bonchev–Trinajstić information content (AvgIpc) is 2.74. The van der Waals surface area contributed by atoms with Gasteiger partial charge in [-0.1, -0.05) is 34.5 Å². The van der Waals surface area contributed by atoms with E-state index in [1.54, 1.807) is 11.3 Å². The highest BCUT2D eigenvalue weighted by Gasteiger charge is 2.16. The number of rotatable bonds is 4. The molecule has 0 saturated heterocycles. The lowest BCUT2D eigenvalue weighted by molar-refractivity contribution is 0.603. The van der Waals surface area contributed by atoms with Gasteiger partial charge in [0.15, 0.2) is 0 Å². The van der Waals surface area contributed by atoms with Gasteiger partial charge in [-0.2, -0.15) is 0 Å². The Bertz CT molecular complexity index is 583. The molecule has 0 spiro atoms. The van der Waals surface area contributed by atoms with Crippen molar-refractivity contribution in [3.63, 3.8) is 0 Å². The van der Waals surface area contributed by atoms with Crippen LogP contribution >= 0.6 is 38.9 Å². The number of benzene rings is 1. The minimum Gasteiger partial charge on any atom is -0.310 e. The molecular formula is C14H16BrClN2S. The maximum Gasteiger partial charge on any atom is 0.125 e. The first-order valence-electron chi connectivity index (χ1n) is 6.19. The van der Waals surface area contributed by atoms with E-state index in [4.69, 9.17) is 11.6 Å². The van der Waals surface area contributed by atoms with Crippen LogP contribution in [0.1, 0.15) is 30.5 Å². The SMILES string of the molecule is CCNC(C)c1sc(-c2cc(Br)ccc2Cl)nc1C. The highest BCUT2D eigenvalue weighted by molar-refractivity contribution is 9.10. The first-order valence-corrected chi connectivity index (χ1v) is 8.17. The van der Waals surface area contributed by atoms with Gasteiger partial charge in [0, 0.05) is 21.0 Å². The Hall–Kier alpha value is -0.420. The zero-order valence-corrected chi connectivity index (χ0v) is 14.3. The Morgan fingerprint density at radius 1 is 1.47 bits per heavy atom. The van der Waals surface area contributed by atoms with Crippen LogP contribution in [0.15, 0.2) is 22.7 Å². The fraction of sp³-hybridized carbons (Fsp3) is 0.357. The normalized spacial score (nSPS) is 12.7. The average molecular weight is 360 g/mol. The minimum absolute atomic E-state index is 0.321. The van der Waals surface area contributed by atoms with E-state index in [0.717, 1.165) is 32.3 Å². The van der Waals surface area contributed by atoms with E-state index in [1.807, 2.05) is 18.2 Å². The van der Waals surface area contributed by atoms with Gasteiger partial charge in [-0.05, 0) is 38.6 Å². The van der Waals surface area contributed by atoms with Crippen LogP contribution in [-0.4, -0.2) is 11.5 Å². The van der Waals surface area contributed by atoms with E-state index >= 15 is 0 Å². The molecule has 0 aliphatic carbocycles. The Morgan fingerprint density at radius 2 is 2.21 bits per heavy atom. The monoisotopic (exact) mass is 358 g/mol. The Morgan fingerprint density at radius 3 is 2.89 bits per heavy atom. The smallest absolute Gasteiger partial charge is 0.125 e. The Balaban J connectivity index is 2.41. The van der Waals surface area contributed by atoms with Crippen LogP contribution in [0.2, 0.25) is 5.02 Å². The summed E-state index contributed by atoms with van der Waals surface area (Å²) in [5.74, 6) is 0. The second-order valence-electron chi connectivity index (χ2n) is 4.37. The Labute approximate surface area is 131 Å². The summed E-state index contributed by atoms with van der Waals surface area (Å²) in [5.41, 5.74) is 2.06. The van der Waals surface area contributed by atoms with Crippen molar-refractivity contribution >= 4 is 38.9 Å². The molecule has 0 aliphatic rings. The largest absolute Gasteiger partial charge is 0.310 e. The molecule has 0 radical (unpaired) electrons. The van der Waals surface area contributed by atoms with E-state index < -0.39 is 0 Å². The highest BCUT2D eigenvalue weighted by Crippen LogP contribution is 2.36. The Kier molecular flexibility index (Phi) is 5.01. The second kappa shape index (κ2) is 6.35. The number of thiazole rings is 1. The van der Waals surface area contributed by atoms with Crippen LogP contribution in [0, 0.1) is 6.92 Å². The van der Waals surface area contributed by atoms with Crippen LogP contribution < -0.4 is 5.32 Å². The van der Waals surface area contributed by atoms with Crippen molar-refractivity contribution in [2.24, 2.45) is 0 Å². The third kappa shape index (κ3) is 3.37. The van der Waals surface area contributed by atoms with Crippen molar-refractivity contribution in [3.05, 3.63) is 38.3 Å². The third-order valence-electron chi connectivity index (χ3n) is 2.89. The number of aromatic nitrogens is 1. The summed E-state index contributed by atoms with van der Waals surface area (Å²) in [4.78, 5) is 5.93. The molecule has 102 valence electrons. The van der Waals surface area contributed by atoms with Gasteiger partial charge in [-0.15, -0.1) is 11.3 Å². The van der Waals surface area contributed by atoms with Crippen LogP contribution in [0.4, 0.5) is 0 Å². The fourth-order valence-electron chi connectivity index (χ4n) is 1.99. The van der Waals surface area contributed by atoms with Crippen molar-refractivity contribution in [1.29, 1.82) is 0 Å². The molecular weight excluding hydrogens is 344 g/mol. The van der Waals surface area contributed by atoms with Gasteiger partial charge >= 0.3 is 0 Å². The van der Waals surface area contributed by atoms with Crippen LogP contribution in [0.3, 0.4) is 0 Å². The molecule has 1 atom stereocenters. The predicted molar refractivity (Wildman–Crippen MR) is 87.1 cm³/mol. The second-order valence-corrected chi connectivity index (χ2v) is 6.73. The van der Waals surface area contributed by atoms with Gasteiger partial charge in [-0.25, -0.2) is 4.98 Å². The summed E-state index contributed by atoms with van der Waals surface area (Å²) in [7, 11) is 0. The maximum atomic E-state index is 6.26. The zero-order valence-electron chi connectivity index (χ0n) is 11.1. The summed E-state index contributed by atoms with van der Waals surface area (Å²) in [5, 5.41) is 5.13. The zero-order chi connectivity index (χ0) is 14.0. The first kappa shape index (κ1) is 15.0. The molecule has 1 N–H and O–H groups in total. The fourth-order valence-corrected chi connectivity index (χ4v) is 3.73. The topological polar surface area (TPSA) is 24.9 Å². The number of nitrogens with zero attached hydrogens (tertiary/aromatic N) is 1. The van der Waals surface area contributed by atoms with Crippen molar-refractivity contribution < 1.29 is 0 Å². The number of nitrogens with one attached hydrogen (secondary N) is 1. The van der Waals surface area contributed by atoms with E-state index in [9.17, 15) is 0 Å². The molecule has 2 rings (SSSR count). The van der Waals surface area contributed by atoms with Gasteiger partial charge in [0.05, 0.1) is 10.7 Å². The summed E-state index contributed by atoms with van der Waals surface area (Å²) in [6.07, 6.45) is 0. The van der Waals surface area contributed by atoms with Crippen molar-refractivity contribution in [3.8, 4) is 10.6 Å². The summed E-state index contributed by atoms with van der Waals surface area (Å²) in [6, 6.07) is 6.17. The third-order valence-corrected chi connectivity index (χ3v) is 5.09. The molecule has 1 aromatic carbocycles. The maximum absolute atomic E-state index is 6.26. The molecule has 2 aromatic rings. The molecule has 0 bridgehead atoms. The number of hydrogen-bond acceptors (Lipinski definition) is 3. The lowest BCUT2D eigenvalue weighted by atomic mass is 10.2. The van der Waals surface area contributed by atoms with Gasteiger partial charge < -0.3 is 5.32 Å². The standard InChI is InChI=1S/C14H16BrClN2S/c1-4-17-8(2)13-9(3)18-14(19-13)11-7-10(15)5-6-12(11)16/h5-8,17H,4H2,1-3H3. The number of halogens is 2. The molecule has 1 unspecified atom stereocenters. The van der Waals surface area contributed by atoms with Crippen molar-refractivity contribution in [2.45, 2.75) is 26.8 Å². The van der Waals surface area contributed by atoms with Gasteiger partial charge in [0.1, 0.15) is 5.01 Å². The van der Waals surface area contributed by atoms with E-state index in [-0.39, 0.29) is 0 Å². The molecule has 0 amide bonds. The highest BCUT2D eigenvalue weighted by atomic mass is 79.9. The molecule has 19 heavy (non-hydrogen) atoms. The lowest BCUT2D eigenvalue weighted by Crippen LogP contribution is -2.17. The van der Waals surface area contributed by atoms with Gasteiger partial charge in [0.25, 0.3) is 0 Å². The van der Waals surface area contributed by atoms with Gasteiger partial charge in [-0.3, -0.25) is 0 Å². The minimum atomic E-state index is 0.321.